The Balaban J connectivity index is 4.52. The van der Waals surface area contributed by atoms with E-state index in [1.165, 1.54) is 32.6 Å². The van der Waals surface area contributed by atoms with E-state index in [2.05, 4.69) is 6.92 Å². The quantitative estimate of drug-likeness (QED) is 0.265. The fourth-order valence-electron chi connectivity index (χ4n) is 2.37. The molecule has 0 fully saturated rings. The van der Waals surface area contributed by atoms with Crippen LogP contribution in [0.25, 0.3) is 0 Å². The van der Waals surface area contributed by atoms with Crippen molar-refractivity contribution in [3.8, 4) is 0 Å². The predicted molar refractivity (Wildman–Crippen MR) is 96.6 cm³/mol. The first-order chi connectivity index (χ1) is 10.9. The van der Waals surface area contributed by atoms with Crippen LogP contribution >= 0.6 is 11.8 Å². The highest BCUT2D eigenvalue weighted by Crippen LogP contribution is 2.27. The number of thioether (sulfide) groups is 1. The average molecular weight is 365 g/mol. The van der Waals surface area contributed by atoms with Crippen LogP contribution < -0.4 is 0 Å². The van der Waals surface area contributed by atoms with Gasteiger partial charge in [0.15, 0.2) is 0 Å². The molecule has 0 N–H and O–H groups in total. The van der Waals surface area contributed by atoms with Crippen molar-refractivity contribution in [2.45, 2.75) is 70.1 Å². The van der Waals surface area contributed by atoms with Gasteiger partial charge >= 0.3 is 8.80 Å². The number of Topliss-reactive ketones (excluding diaryl/α,β-unsaturated/α-hetero) is 1. The SMILES string of the molecule is CCCCCCCC(CC[Si](OC)(OC)OC)SC(=O)C(C)=O. The highest BCUT2D eigenvalue weighted by molar-refractivity contribution is 8.15. The second-order valence-electron chi connectivity index (χ2n) is 5.62. The Hall–Kier alpha value is -0.213. The van der Waals surface area contributed by atoms with Crippen LogP contribution in [0.15, 0.2) is 0 Å². The molecule has 23 heavy (non-hydrogen) atoms. The van der Waals surface area contributed by atoms with Crippen LogP contribution in [-0.2, 0) is 22.9 Å². The number of hydrogen-bond acceptors (Lipinski definition) is 6. The molecule has 0 saturated carbocycles. The summed E-state index contributed by atoms with van der Waals surface area (Å²) in [5.74, 6) is -0.389. The maximum absolute atomic E-state index is 11.8. The van der Waals surface area contributed by atoms with Crippen molar-refractivity contribution in [1.29, 1.82) is 0 Å². The molecule has 0 rings (SSSR count). The number of carbonyl (C=O) groups is 2. The lowest BCUT2D eigenvalue weighted by Gasteiger charge is -2.26. The molecule has 0 aromatic carbocycles. The van der Waals surface area contributed by atoms with E-state index in [1.54, 1.807) is 21.3 Å². The van der Waals surface area contributed by atoms with Crippen molar-refractivity contribution < 1.29 is 22.9 Å². The number of ketones is 1. The summed E-state index contributed by atoms with van der Waals surface area (Å²) < 4.78 is 16.3. The molecular weight excluding hydrogens is 332 g/mol. The normalized spacial score (nSPS) is 13.1. The molecule has 0 saturated heterocycles. The molecule has 0 aliphatic carbocycles. The van der Waals surface area contributed by atoms with Crippen LogP contribution in [-0.4, -0.2) is 46.3 Å². The van der Waals surface area contributed by atoms with Gasteiger partial charge in [0, 0.05) is 39.5 Å². The molecular formula is C16H32O5SSi. The molecule has 5 nitrogen and oxygen atoms in total. The highest BCUT2D eigenvalue weighted by atomic mass is 32.2. The Morgan fingerprint density at radius 2 is 1.52 bits per heavy atom. The van der Waals surface area contributed by atoms with E-state index in [0.717, 1.165) is 31.0 Å². The van der Waals surface area contributed by atoms with Crippen molar-refractivity contribution in [3.05, 3.63) is 0 Å². The van der Waals surface area contributed by atoms with Crippen molar-refractivity contribution in [1.82, 2.24) is 0 Å². The summed E-state index contributed by atoms with van der Waals surface area (Å²) in [5.41, 5.74) is 0. The Bertz CT molecular complexity index is 339. The summed E-state index contributed by atoms with van der Waals surface area (Å²) in [5, 5.41) is -0.247. The van der Waals surface area contributed by atoms with Gasteiger partial charge in [-0.05, 0) is 12.8 Å². The predicted octanol–water partition coefficient (Wildman–Crippen LogP) is 3.83. The fourth-order valence-corrected chi connectivity index (χ4v) is 5.38. The fraction of sp³-hybridized carbons (Fsp3) is 0.875. The first-order valence-corrected chi connectivity index (χ1v) is 11.1. The number of rotatable bonds is 14. The molecule has 0 aliphatic rings. The molecule has 136 valence electrons. The summed E-state index contributed by atoms with van der Waals surface area (Å²) >= 11 is 1.16. The van der Waals surface area contributed by atoms with Gasteiger partial charge < -0.3 is 13.3 Å². The zero-order valence-corrected chi connectivity index (χ0v) is 17.0. The van der Waals surface area contributed by atoms with Crippen molar-refractivity contribution in [2.75, 3.05) is 21.3 Å². The van der Waals surface area contributed by atoms with E-state index in [4.69, 9.17) is 13.3 Å². The number of unbranched alkanes of at least 4 members (excludes halogenated alkanes) is 4. The maximum atomic E-state index is 11.8. The van der Waals surface area contributed by atoms with Crippen molar-refractivity contribution in [2.24, 2.45) is 0 Å². The summed E-state index contributed by atoms with van der Waals surface area (Å²) in [6, 6.07) is 0.647. The van der Waals surface area contributed by atoms with E-state index in [9.17, 15) is 9.59 Å². The Morgan fingerprint density at radius 3 is 2.00 bits per heavy atom. The van der Waals surface area contributed by atoms with Crippen molar-refractivity contribution >= 4 is 31.5 Å². The van der Waals surface area contributed by atoms with Gasteiger partial charge in [0.05, 0.1) is 0 Å². The molecule has 0 radical (unpaired) electrons. The Labute approximate surface area is 146 Å². The molecule has 1 atom stereocenters. The van der Waals surface area contributed by atoms with Gasteiger partial charge in [-0.15, -0.1) is 0 Å². The van der Waals surface area contributed by atoms with Gasteiger partial charge in [-0.3, -0.25) is 9.59 Å². The van der Waals surface area contributed by atoms with E-state index in [-0.39, 0.29) is 16.1 Å². The summed E-state index contributed by atoms with van der Waals surface area (Å²) in [7, 11) is 2.14. The molecule has 0 aromatic heterocycles. The van der Waals surface area contributed by atoms with Gasteiger partial charge in [-0.25, -0.2) is 0 Å². The van der Waals surface area contributed by atoms with Crippen LogP contribution in [0.1, 0.15) is 58.8 Å². The second-order valence-corrected chi connectivity index (χ2v) is 9.98. The minimum absolute atomic E-state index is 0.111. The Kier molecular flexibility index (Phi) is 13.0. The van der Waals surface area contributed by atoms with E-state index >= 15 is 0 Å². The molecule has 1 unspecified atom stereocenters. The molecule has 0 spiro atoms. The van der Waals surface area contributed by atoms with Crippen LogP contribution in [0.3, 0.4) is 0 Å². The van der Waals surface area contributed by atoms with Gasteiger partial charge in [0.25, 0.3) is 5.12 Å². The van der Waals surface area contributed by atoms with Crippen LogP contribution in [0, 0.1) is 0 Å². The second kappa shape index (κ2) is 13.1. The third-order valence-electron chi connectivity index (χ3n) is 3.90. The van der Waals surface area contributed by atoms with E-state index in [1.807, 2.05) is 0 Å². The van der Waals surface area contributed by atoms with Crippen LogP contribution in [0.2, 0.25) is 6.04 Å². The lowest BCUT2D eigenvalue weighted by molar-refractivity contribution is -0.130. The molecule has 0 amide bonds. The van der Waals surface area contributed by atoms with Crippen molar-refractivity contribution in [3.63, 3.8) is 0 Å². The molecule has 0 bridgehead atoms. The molecule has 0 aliphatic heterocycles. The third kappa shape index (κ3) is 9.61. The molecule has 0 aromatic rings. The molecule has 0 heterocycles. The Morgan fingerprint density at radius 1 is 0.957 bits per heavy atom. The van der Waals surface area contributed by atoms with Gasteiger partial charge in [-0.1, -0.05) is 50.8 Å². The standard InChI is InChI=1S/C16H32O5SSi/c1-6-7-8-9-10-11-15(22-16(18)14(2)17)12-13-23(19-3,20-4)21-5/h15H,6-13H2,1-5H3. The minimum Gasteiger partial charge on any atom is -0.377 e. The molecule has 7 heteroatoms. The third-order valence-corrected chi connectivity index (χ3v) is 7.97. The summed E-state index contributed by atoms with van der Waals surface area (Å²) in [4.78, 5) is 23.0. The first kappa shape index (κ1) is 22.8. The van der Waals surface area contributed by atoms with Crippen LogP contribution in [0.5, 0.6) is 0 Å². The van der Waals surface area contributed by atoms with E-state index in [0.29, 0.717) is 6.04 Å². The van der Waals surface area contributed by atoms with Crippen LogP contribution in [0.4, 0.5) is 0 Å². The maximum Gasteiger partial charge on any atom is 0.500 e. The topological polar surface area (TPSA) is 61.8 Å². The van der Waals surface area contributed by atoms with Gasteiger partial charge in [0.2, 0.25) is 5.78 Å². The minimum atomic E-state index is -2.63. The van der Waals surface area contributed by atoms with Gasteiger partial charge in [0.1, 0.15) is 0 Å². The van der Waals surface area contributed by atoms with E-state index < -0.39 is 8.80 Å². The van der Waals surface area contributed by atoms with Gasteiger partial charge in [-0.2, -0.15) is 0 Å². The lowest BCUT2D eigenvalue weighted by Crippen LogP contribution is -2.43. The largest absolute Gasteiger partial charge is 0.500 e. The first-order valence-electron chi connectivity index (χ1n) is 8.31. The highest BCUT2D eigenvalue weighted by Gasteiger charge is 2.38. The smallest absolute Gasteiger partial charge is 0.377 e. The average Bonchev–Trinajstić information content (AvgIpc) is 2.55. The number of hydrogen-bond donors (Lipinski definition) is 0. The summed E-state index contributed by atoms with van der Waals surface area (Å²) in [6.45, 7) is 3.51. The lowest BCUT2D eigenvalue weighted by atomic mass is 10.1. The number of carbonyl (C=O) groups excluding carboxylic acids is 2. The monoisotopic (exact) mass is 364 g/mol. The summed E-state index contributed by atoms with van der Waals surface area (Å²) in [6.07, 6.45) is 7.60. The zero-order chi connectivity index (χ0) is 17.7. The zero-order valence-electron chi connectivity index (χ0n) is 15.2.